The van der Waals surface area contributed by atoms with Gasteiger partial charge in [0.2, 0.25) is 0 Å². The maximum absolute atomic E-state index is 5.80. The molecule has 0 unspecified atom stereocenters. The van der Waals surface area contributed by atoms with Crippen molar-refractivity contribution in [2.45, 2.75) is 6.61 Å². The second kappa shape index (κ2) is 5.12. The molecule has 3 rings (SSSR count). The summed E-state index contributed by atoms with van der Waals surface area (Å²) in [4.78, 5) is 1.22. The Bertz CT molecular complexity index is 675. The average Bonchev–Trinajstić information content (AvgIpc) is 2.82. The van der Waals surface area contributed by atoms with Gasteiger partial charge in [-0.1, -0.05) is 30.3 Å². The van der Waals surface area contributed by atoms with Crippen molar-refractivity contribution in [1.29, 1.82) is 0 Å². The van der Waals surface area contributed by atoms with Crippen LogP contribution in [-0.2, 0) is 6.61 Å². The molecule has 0 amide bonds. The first-order valence-corrected chi connectivity index (χ1v) is 7.33. The molecule has 0 saturated heterocycles. The highest BCUT2D eigenvalue weighted by Gasteiger charge is 2.00. The highest BCUT2D eigenvalue weighted by Crippen LogP contribution is 2.24. The number of fused-ring (bicyclic) bond motifs is 1. The molecule has 1 aromatic heterocycles. The first-order chi connectivity index (χ1) is 8.81. The molecular weight excluding hydrogens is 308 g/mol. The van der Waals surface area contributed by atoms with Crippen molar-refractivity contribution < 1.29 is 4.74 Å². The van der Waals surface area contributed by atoms with E-state index >= 15 is 0 Å². The fraction of sp³-hybridized carbons (Fsp3) is 0.0667. The second-order valence-corrected chi connectivity index (χ2v) is 5.94. The molecule has 0 N–H and O–H groups in total. The van der Waals surface area contributed by atoms with E-state index < -0.39 is 0 Å². The Morgan fingerprint density at radius 3 is 2.61 bits per heavy atom. The molecule has 0 aliphatic rings. The largest absolute Gasteiger partial charge is 0.488 e. The van der Waals surface area contributed by atoms with Gasteiger partial charge in [0.1, 0.15) is 12.4 Å². The summed E-state index contributed by atoms with van der Waals surface area (Å²) in [6, 6.07) is 16.6. The van der Waals surface area contributed by atoms with Gasteiger partial charge in [-0.3, -0.25) is 0 Å². The highest BCUT2D eigenvalue weighted by atomic mass is 79.9. The van der Waals surface area contributed by atoms with E-state index in [4.69, 9.17) is 4.74 Å². The number of halogens is 1. The topological polar surface area (TPSA) is 9.23 Å². The zero-order valence-electron chi connectivity index (χ0n) is 9.60. The van der Waals surface area contributed by atoms with Gasteiger partial charge in [-0.25, -0.2) is 0 Å². The molecule has 1 nitrogen and oxygen atoms in total. The third-order valence-electron chi connectivity index (χ3n) is 2.72. The third-order valence-corrected chi connectivity index (χ3v) is 4.39. The lowest BCUT2D eigenvalue weighted by Gasteiger charge is -2.05. The van der Waals surface area contributed by atoms with E-state index in [-0.39, 0.29) is 0 Å². The summed E-state index contributed by atoms with van der Waals surface area (Å²) >= 11 is 5.15. The molecule has 1 heterocycles. The van der Waals surface area contributed by atoms with Crippen molar-refractivity contribution in [2.24, 2.45) is 0 Å². The van der Waals surface area contributed by atoms with Crippen molar-refractivity contribution in [3.63, 3.8) is 0 Å². The molecule has 3 heteroatoms. The first-order valence-electron chi connectivity index (χ1n) is 5.66. The van der Waals surface area contributed by atoms with E-state index in [9.17, 15) is 0 Å². The van der Waals surface area contributed by atoms with E-state index in [0.29, 0.717) is 6.61 Å². The van der Waals surface area contributed by atoms with E-state index in [1.165, 1.54) is 15.6 Å². The molecule has 0 bridgehead atoms. The fourth-order valence-electron chi connectivity index (χ4n) is 1.84. The van der Waals surface area contributed by atoms with Crippen LogP contribution < -0.4 is 4.74 Å². The Morgan fingerprint density at radius 1 is 1.00 bits per heavy atom. The molecule has 0 radical (unpaired) electrons. The van der Waals surface area contributed by atoms with Crippen LogP contribution in [0.15, 0.2) is 58.4 Å². The van der Waals surface area contributed by atoms with Crippen molar-refractivity contribution in [2.75, 3.05) is 0 Å². The van der Waals surface area contributed by atoms with Crippen LogP contribution in [0.5, 0.6) is 5.75 Å². The van der Waals surface area contributed by atoms with Crippen molar-refractivity contribution in [1.82, 2.24) is 0 Å². The number of hydrogen-bond acceptors (Lipinski definition) is 2. The first kappa shape index (κ1) is 11.8. The van der Waals surface area contributed by atoms with Gasteiger partial charge < -0.3 is 4.74 Å². The minimum Gasteiger partial charge on any atom is -0.488 e. The maximum Gasteiger partial charge on any atom is 0.122 e. The minimum absolute atomic E-state index is 0.620. The molecule has 0 aliphatic carbocycles. The fourth-order valence-corrected chi connectivity index (χ4v) is 3.20. The molecule has 0 aliphatic heterocycles. The van der Waals surface area contributed by atoms with E-state index in [1.807, 2.05) is 18.2 Å². The SMILES string of the molecule is Brc1csc(COc2ccc3ccccc3c2)c1. The van der Waals surface area contributed by atoms with Crippen LogP contribution in [0.3, 0.4) is 0 Å². The Hall–Kier alpha value is -1.32. The summed E-state index contributed by atoms with van der Waals surface area (Å²) < 4.78 is 6.92. The summed E-state index contributed by atoms with van der Waals surface area (Å²) in [6.45, 7) is 0.620. The molecule has 3 aromatic rings. The minimum atomic E-state index is 0.620. The predicted molar refractivity (Wildman–Crippen MR) is 80.3 cm³/mol. The Morgan fingerprint density at radius 2 is 1.83 bits per heavy atom. The van der Waals surface area contributed by atoms with Crippen LogP contribution in [0.4, 0.5) is 0 Å². The van der Waals surface area contributed by atoms with Crippen LogP contribution in [0, 0.1) is 0 Å². The molecule has 2 aromatic carbocycles. The lowest BCUT2D eigenvalue weighted by atomic mass is 10.1. The van der Waals surface area contributed by atoms with Crippen molar-refractivity contribution in [3.05, 3.63) is 63.3 Å². The number of ether oxygens (including phenoxy) is 1. The van der Waals surface area contributed by atoms with Crippen LogP contribution in [0.25, 0.3) is 10.8 Å². The lowest BCUT2D eigenvalue weighted by Crippen LogP contribution is -1.92. The van der Waals surface area contributed by atoms with Gasteiger partial charge >= 0.3 is 0 Å². The molecule has 18 heavy (non-hydrogen) atoms. The summed E-state index contributed by atoms with van der Waals surface area (Å²) in [5, 5.41) is 4.52. The van der Waals surface area contributed by atoms with Crippen molar-refractivity contribution in [3.8, 4) is 5.75 Å². The third kappa shape index (κ3) is 2.57. The summed E-state index contributed by atoms with van der Waals surface area (Å²) in [6.07, 6.45) is 0. The highest BCUT2D eigenvalue weighted by molar-refractivity contribution is 9.10. The zero-order valence-corrected chi connectivity index (χ0v) is 12.0. The lowest BCUT2D eigenvalue weighted by molar-refractivity contribution is 0.310. The van der Waals surface area contributed by atoms with Gasteiger partial charge in [0.25, 0.3) is 0 Å². The van der Waals surface area contributed by atoms with Gasteiger partial charge in [0, 0.05) is 14.7 Å². The van der Waals surface area contributed by atoms with Gasteiger partial charge in [0.15, 0.2) is 0 Å². The van der Waals surface area contributed by atoms with Crippen LogP contribution in [-0.4, -0.2) is 0 Å². The summed E-state index contributed by atoms with van der Waals surface area (Å²) in [5.74, 6) is 0.915. The number of hydrogen-bond donors (Lipinski definition) is 0. The van der Waals surface area contributed by atoms with Gasteiger partial charge in [-0.05, 0) is 44.9 Å². The number of thiophene rings is 1. The maximum atomic E-state index is 5.80. The molecule has 0 atom stereocenters. The Labute approximate surface area is 118 Å². The molecular formula is C15H11BrOS. The quantitative estimate of drug-likeness (QED) is 0.641. The number of benzene rings is 2. The Kier molecular flexibility index (Phi) is 3.35. The standard InChI is InChI=1S/C15H11BrOS/c16-13-8-15(18-10-13)9-17-14-6-5-11-3-1-2-4-12(11)7-14/h1-8,10H,9H2. The number of rotatable bonds is 3. The van der Waals surface area contributed by atoms with Crippen LogP contribution in [0.2, 0.25) is 0 Å². The van der Waals surface area contributed by atoms with E-state index in [0.717, 1.165) is 10.2 Å². The summed E-state index contributed by atoms with van der Waals surface area (Å²) in [7, 11) is 0. The molecule has 0 fully saturated rings. The van der Waals surface area contributed by atoms with E-state index in [1.54, 1.807) is 11.3 Å². The molecule has 90 valence electrons. The normalized spacial score (nSPS) is 10.7. The van der Waals surface area contributed by atoms with Gasteiger partial charge in [-0.15, -0.1) is 11.3 Å². The zero-order chi connectivity index (χ0) is 12.4. The smallest absolute Gasteiger partial charge is 0.122 e. The average molecular weight is 319 g/mol. The summed E-state index contributed by atoms with van der Waals surface area (Å²) in [5.41, 5.74) is 0. The molecule has 0 spiro atoms. The monoisotopic (exact) mass is 318 g/mol. The van der Waals surface area contributed by atoms with Crippen LogP contribution >= 0.6 is 27.3 Å². The predicted octanol–water partition coefficient (Wildman–Crippen LogP) is 5.24. The van der Waals surface area contributed by atoms with Crippen molar-refractivity contribution >= 4 is 38.0 Å². The molecule has 0 saturated carbocycles. The van der Waals surface area contributed by atoms with Crippen LogP contribution in [0.1, 0.15) is 4.88 Å². The van der Waals surface area contributed by atoms with E-state index in [2.05, 4.69) is 51.6 Å². The van der Waals surface area contributed by atoms with Gasteiger partial charge in [0.05, 0.1) is 0 Å². The second-order valence-electron chi connectivity index (χ2n) is 4.03. The van der Waals surface area contributed by atoms with Gasteiger partial charge in [-0.2, -0.15) is 0 Å². The Balaban J connectivity index is 1.78.